The molecule has 0 saturated heterocycles. The minimum absolute atomic E-state index is 0.0748. The van der Waals surface area contributed by atoms with Gasteiger partial charge in [0, 0.05) is 5.56 Å². The molecule has 1 aromatic heterocycles. The van der Waals surface area contributed by atoms with Crippen molar-refractivity contribution in [3.63, 3.8) is 0 Å². The van der Waals surface area contributed by atoms with Gasteiger partial charge in [-0.1, -0.05) is 16.6 Å². The lowest BCUT2D eigenvalue weighted by molar-refractivity contribution is 0.104. The number of hydrogen-bond donors (Lipinski definition) is 0. The smallest absolute Gasteiger partial charge is 0.206 e. The number of rotatable bonds is 4. The third-order valence-electron chi connectivity index (χ3n) is 2.05. The predicted octanol–water partition coefficient (Wildman–Crippen LogP) is 2.56. The molecule has 0 radical (unpaired) electrons. The molecular weight excluding hydrogens is 236 g/mol. The van der Waals surface area contributed by atoms with Crippen LogP contribution in [0.5, 0.6) is 5.75 Å². The number of ketones is 1. The molecule has 0 atom stereocenters. The van der Waals surface area contributed by atoms with E-state index < -0.39 is 0 Å². The Hall–Kier alpha value is -1.75. The second kappa shape index (κ2) is 5.05. The summed E-state index contributed by atoms with van der Waals surface area (Å²) in [5, 5.41) is 3.66. The largest absolute Gasteiger partial charge is 0.491 e. The van der Waals surface area contributed by atoms with Crippen LogP contribution in [0.1, 0.15) is 29.1 Å². The SMILES string of the molecule is CC(C)Oc1cccc(C(=O)c2cnns2)c1. The molecule has 2 rings (SSSR count). The third kappa shape index (κ3) is 2.88. The summed E-state index contributed by atoms with van der Waals surface area (Å²) in [6.07, 6.45) is 1.56. The average molecular weight is 248 g/mol. The molecule has 1 aromatic carbocycles. The Balaban J connectivity index is 2.24. The van der Waals surface area contributed by atoms with Crippen LogP contribution >= 0.6 is 11.5 Å². The Morgan fingerprint density at radius 2 is 2.24 bits per heavy atom. The van der Waals surface area contributed by atoms with Gasteiger partial charge in [-0.2, -0.15) is 0 Å². The van der Waals surface area contributed by atoms with Crippen molar-refractivity contribution >= 4 is 17.3 Å². The number of aromatic nitrogens is 2. The number of carbonyl (C=O) groups excluding carboxylic acids is 1. The molecule has 0 aliphatic rings. The molecule has 0 saturated carbocycles. The van der Waals surface area contributed by atoms with Crippen molar-refractivity contribution in [1.82, 2.24) is 9.59 Å². The van der Waals surface area contributed by atoms with E-state index in [1.807, 2.05) is 19.9 Å². The molecular formula is C12H12N2O2S. The Labute approximate surface area is 103 Å². The summed E-state index contributed by atoms with van der Waals surface area (Å²) in [4.78, 5) is 12.6. The third-order valence-corrected chi connectivity index (χ3v) is 2.72. The van der Waals surface area contributed by atoms with E-state index in [-0.39, 0.29) is 11.9 Å². The van der Waals surface area contributed by atoms with Gasteiger partial charge in [-0.3, -0.25) is 4.79 Å². The van der Waals surface area contributed by atoms with Gasteiger partial charge >= 0.3 is 0 Å². The lowest BCUT2D eigenvalue weighted by Gasteiger charge is -2.10. The zero-order chi connectivity index (χ0) is 12.3. The van der Waals surface area contributed by atoms with Crippen LogP contribution < -0.4 is 4.74 Å². The van der Waals surface area contributed by atoms with Crippen molar-refractivity contribution < 1.29 is 9.53 Å². The van der Waals surface area contributed by atoms with E-state index in [0.29, 0.717) is 16.2 Å². The molecule has 17 heavy (non-hydrogen) atoms. The Kier molecular flexibility index (Phi) is 3.49. The first-order chi connectivity index (χ1) is 8.16. The van der Waals surface area contributed by atoms with Crippen molar-refractivity contribution in [2.45, 2.75) is 20.0 Å². The van der Waals surface area contributed by atoms with Crippen molar-refractivity contribution in [2.75, 3.05) is 0 Å². The standard InChI is InChI=1S/C12H12N2O2S/c1-8(2)16-10-5-3-4-9(6-10)12(15)11-7-13-14-17-11/h3-8H,1-2H3. The molecule has 0 N–H and O–H groups in total. The molecule has 5 heteroatoms. The highest BCUT2D eigenvalue weighted by Crippen LogP contribution is 2.18. The van der Waals surface area contributed by atoms with Crippen molar-refractivity contribution in [2.24, 2.45) is 0 Å². The summed E-state index contributed by atoms with van der Waals surface area (Å²) in [6.45, 7) is 3.89. The quantitative estimate of drug-likeness (QED) is 0.780. The Morgan fingerprint density at radius 3 is 2.88 bits per heavy atom. The molecule has 2 aromatic rings. The minimum Gasteiger partial charge on any atom is -0.491 e. The van der Waals surface area contributed by atoms with Crippen LogP contribution in [-0.2, 0) is 0 Å². The number of nitrogens with zero attached hydrogens (tertiary/aromatic N) is 2. The fourth-order valence-electron chi connectivity index (χ4n) is 1.39. The second-order valence-corrected chi connectivity index (χ2v) is 4.59. The highest BCUT2D eigenvalue weighted by atomic mass is 32.1. The van der Waals surface area contributed by atoms with Gasteiger partial charge in [-0.25, -0.2) is 0 Å². The molecule has 0 unspecified atom stereocenters. The number of carbonyl (C=O) groups is 1. The topological polar surface area (TPSA) is 52.1 Å². The summed E-state index contributed by atoms with van der Waals surface area (Å²) < 4.78 is 9.22. The highest BCUT2D eigenvalue weighted by molar-refractivity contribution is 7.08. The van der Waals surface area contributed by atoms with Gasteiger partial charge in [0.05, 0.1) is 12.3 Å². The van der Waals surface area contributed by atoms with Crippen LogP contribution in [0.3, 0.4) is 0 Å². The van der Waals surface area contributed by atoms with Crippen LogP contribution in [0.15, 0.2) is 30.5 Å². The predicted molar refractivity (Wildman–Crippen MR) is 65.5 cm³/mol. The molecule has 88 valence electrons. The zero-order valence-electron chi connectivity index (χ0n) is 9.58. The lowest BCUT2D eigenvalue weighted by Crippen LogP contribution is -2.06. The maximum Gasteiger partial charge on any atom is 0.206 e. The number of ether oxygens (including phenoxy) is 1. The van der Waals surface area contributed by atoms with E-state index in [2.05, 4.69) is 9.59 Å². The summed E-state index contributed by atoms with van der Waals surface area (Å²) >= 11 is 1.09. The van der Waals surface area contributed by atoms with Gasteiger partial charge in [0.2, 0.25) is 5.78 Å². The summed E-state index contributed by atoms with van der Waals surface area (Å²) in [6, 6.07) is 7.14. The van der Waals surface area contributed by atoms with Gasteiger partial charge in [-0.05, 0) is 37.5 Å². The maximum absolute atomic E-state index is 12.0. The van der Waals surface area contributed by atoms with Gasteiger partial charge in [0.15, 0.2) is 0 Å². The molecule has 0 amide bonds. The zero-order valence-corrected chi connectivity index (χ0v) is 10.4. The molecule has 0 bridgehead atoms. The van der Waals surface area contributed by atoms with Crippen LogP contribution in [-0.4, -0.2) is 21.5 Å². The second-order valence-electron chi connectivity index (χ2n) is 3.81. The molecule has 0 fully saturated rings. The fourth-order valence-corrected chi connectivity index (χ4v) is 1.87. The van der Waals surface area contributed by atoms with E-state index in [9.17, 15) is 4.79 Å². The van der Waals surface area contributed by atoms with Crippen LogP contribution in [0.4, 0.5) is 0 Å². The van der Waals surface area contributed by atoms with E-state index in [1.54, 1.807) is 18.2 Å². The molecule has 0 aliphatic carbocycles. The number of hydrogen-bond acceptors (Lipinski definition) is 5. The maximum atomic E-state index is 12.0. The lowest BCUT2D eigenvalue weighted by atomic mass is 10.1. The van der Waals surface area contributed by atoms with Crippen molar-refractivity contribution in [3.05, 3.63) is 40.9 Å². The van der Waals surface area contributed by atoms with Gasteiger partial charge < -0.3 is 4.74 Å². The van der Waals surface area contributed by atoms with Gasteiger partial charge in [0.1, 0.15) is 10.6 Å². The first-order valence-corrected chi connectivity index (χ1v) is 6.03. The van der Waals surface area contributed by atoms with E-state index in [0.717, 1.165) is 11.5 Å². The minimum atomic E-state index is -0.0748. The summed E-state index contributed by atoms with van der Waals surface area (Å²) in [5.74, 6) is 0.623. The van der Waals surface area contributed by atoms with Crippen LogP contribution in [0.25, 0.3) is 0 Å². The first-order valence-electron chi connectivity index (χ1n) is 5.25. The van der Waals surface area contributed by atoms with Crippen molar-refractivity contribution in [1.29, 1.82) is 0 Å². The normalized spacial score (nSPS) is 10.5. The number of benzene rings is 1. The van der Waals surface area contributed by atoms with Crippen LogP contribution in [0, 0.1) is 0 Å². The van der Waals surface area contributed by atoms with E-state index in [1.165, 1.54) is 6.20 Å². The van der Waals surface area contributed by atoms with E-state index >= 15 is 0 Å². The van der Waals surface area contributed by atoms with Crippen LogP contribution in [0.2, 0.25) is 0 Å². The van der Waals surface area contributed by atoms with Crippen molar-refractivity contribution in [3.8, 4) is 5.75 Å². The summed E-state index contributed by atoms with van der Waals surface area (Å²) in [5.41, 5.74) is 0.592. The molecule has 4 nitrogen and oxygen atoms in total. The molecule has 0 aliphatic heterocycles. The Bertz CT molecular complexity index is 509. The van der Waals surface area contributed by atoms with E-state index in [4.69, 9.17) is 4.74 Å². The fraction of sp³-hybridized carbons (Fsp3) is 0.250. The highest BCUT2D eigenvalue weighted by Gasteiger charge is 2.12. The Morgan fingerprint density at radius 1 is 1.41 bits per heavy atom. The van der Waals surface area contributed by atoms with Gasteiger partial charge in [0.25, 0.3) is 0 Å². The summed E-state index contributed by atoms with van der Waals surface area (Å²) in [7, 11) is 0. The average Bonchev–Trinajstić information content (AvgIpc) is 2.81. The van der Waals surface area contributed by atoms with Gasteiger partial charge in [-0.15, -0.1) is 5.10 Å². The molecule has 1 heterocycles. The monoisotopic (exact) mass is 248 g/mol. The molecule has 0 spiro atoms. The first kappa shape index (κ1) is 11.7.